The van der Waals surface area contributed by atoms with Gasteiger partial charge in [0.1, 0.15) is 5.82 Å². The molecule has 0 saturated heterocycles. The van der Waals surface area contributed by atoms with Crippen molar-refractivity contribution < 1.29 is 4.79 Å². The molecule has 0 aromatic carbocycles. The molecule has 0 spiro atoms. The van der Waals surface area contributed by atoms with E-state index in [1.54, 1.807) is 27.5 Å². The zero-order valence-electron chi connectivity index (χ0n) is 12.4. The predicted octanol–water partition coefficient (Wildman–Crippen LogP) is 0.354. The lowest BCUT2D eigenvalue weighted by atomic mass is 10.1. The van der Waals surface area contributed by atoms with E-state index in [4.69, 9.17) is 0 Å². The van der Waals surface area contributed by atoms with E-state index in [1.807, 2.05) is 12.1 Å². The van der Waals surface area contributed by atoms with Gasteiger partial charge in [-0.15, -0.1) is 0 Å². The van der Waals surface area contributed by atoms with Crippen LogP contribution in [0.3, 0.4) is 0 Å². The molecule has 0 radical (unpaired) electrons. The number of aryl methyl sites for hydroxylation is 1. The average Bonchev–Trinajstić information content (AvgIpc) is 3.10. The monoisotopic (exact) mass is 312 g/mol. The zero-order chi connectivity index (χ0) is 15.8. The maximum absolute atomic E-state index is 12.4. The van der Waals surface area contributed by atoms with Gasteiger partial charge in [0, 0.05) is 37.0 Å². The maximum Gasteiger partial charge on any atom is 0.343 e. The summed E-state index contributed by atoms with van der Waals surface area (Å²) >= 11 is 0. The molecule has 8 heteroatoms. The second kappa shape index (κ2) is 5.38. The summed E-state index contributed by atoms with van der Waals surface area (Å²) < 4.78 is 3.36. The van der Waals surface area contributed by atoms with E-state index in [0.29, 0.717) is 24.9 Å². The SMILES string of the molecule is O=C(NC1CCc2n[nH]c(=O)n2CC1)c1ccn2nccc2c1. The second-order valence-electron chi connectivity index (χ2n) is 5.71. The summed E-state index contributed by atoms with van der Waals surface area (Å²) in [6, 6.07) is 5.45. The van der Waals surface area contributed by atoms with Crippen LogP contribution < -0.4 is 11.0 Å². The standard InChI is InChI=1S/C15H16N6O2/c22-14(10-4-8-21-12(9-10)3-6-16-21)17-11-1-2-13-18-19-15(23)20(13)7-5-11/h3-4,6,8-9,11H,1-2,5,7H2,(H,17,22)(H,19,23). The summed E-state index contributed by atoms with van der Waals surface area (Å²) in [4.78, 5) is 24.1. The molecule has 118 valence electrons. The fourth-order valence-corrected chi connectivity index (χ4v) is 2.98. The first kappa shape index (κ1) is 13.7. The number of nitrogens with one attached hydrogen (secondary N) is 2. The molecule has 0 bridgehead atoms. The number of hydrogen-bond donors (Lipinski definition) is 2. The first-order valence-electron chi connectivity index (χ1n) is 7.59. The minimum absolute atomic E-state index is 0.0322. The van der Waals surface area contributed by atoms with E-state index < -0.39 is 0 Å². The molecule has 8 nitrogen and oxygen atoms in total. The van der Waals surface area contributed by atoms with Crippen LogP contribution >= 0.6 is 0 Å². The van der Waals surface area contributed by atoms with E-state index in [1.165, 1.54) is 0 Å². The number of carbonyl (C=O) groups excluding carboxylic acids is 1. The predicted molar refractivity (Wildman–Crippen MR) is 82.2 cm³/mol. The lowest BCUT2D eigenvalue weighted by molar-refractivity contribution is 0.0933. The van der Waals surface area contributed by atoms with Gasteiger partial charge in [0.25, 0.3) is 5.91 Å². The smallest absolute Gasteiger partial charge is 0.343 e. The van der Waals surface area contributed by atoms with E-state index in [-0.39, 0.29) is 17.6 Å². The number of aromatic amines is 1. The minimum atomic E-state index is -0.182. The lowest BCUT2D eigenvalue weighted by Gasteiger charge is -2.16. The normalized spacial score (nSPS) is 17.7. The summed E-state index contributed by atoms with van der Waals surface area (Å²) in [5.41, 5.74) is 1.31. The molecule has 3 aromatic heterocycles. The Bertz CT molecular complexity index is 921. The summed E-state index contributed by atoms with van der Waals surface area (Å²) in [6.45, 7) is 0.567. The van der Waals surface area contributed by atoms with Crippen molar-refractivity contribution in [2.75, 3.05) is 0 Å². The van der Waals surface area contributed by atoms with Crippen LogP contribution in [0.15, 0.2) is 35.4 Å². The summed E-state index contributed by atoms with van der Waals surface area (Å²) in [5, 5.41) is 13.7. The summed E-state index contributed by atoms with van der Waals surface area (Å²) in [5.74, 6) is 0.652. The van der Waals surface area contributed by atoms with Gasteiger partial charge in [-0.25, -0.2) is 14.4 Å². The van der Waals surface area contributed by atoms with Crippen molar-refractivity contribution >= 4 is 11.4 Å². The fourth-order valence-electron chi connectivity index (χ4n) is 2.98. The maximum atomic E-state index is 12.4. The van der Waals surface area contributed by atoms with E-state index in [0.717, 1.165) is 17.8 Å². The van der Waals surface area contributed by atoms with Crippen molar-refractivity contribution in [2.24, 2.45) is 0 Å². The van der Waals surface area contributed by atoms with Crippen LogP contribution in [0.1, 0.15) is 29.0 Å². The number of fused-ring (bicyclic) bond motifs is 2. The Hall–Kier alpha value is -2.90. The van der Waals surface area contributed by atoms with Crippen molar-refractivity contribution in [3.63, 3.8) is 0 Å². The third-order valence-electron chi connectivity index (χ3n) is 4.25. The van der Waals surface area contributed by atoms with Crippen molar-refractivity contribution in [1.29, 1.82) is 0 Å². The molecule has 0 saturated carbocycles. The van der Waals surface area contributed by atoms with Gasteiger partial charge in [0.15, 0.2) is 0 Å². The Morgan fingerprint density at radius 1 is 1.35 bits per heavy atom. The van der Waals surface area contributed by atoms with E-state index in [2.05, 4.69) is 20.6 Å². The topological polar surface area (TPSA) is 97.1 Å². The highest BCUT2D eigenvalue weighted by atomic mass is 16.2. The number of carbonyl (C=O) groups is 1. The Morgan fingerprint density at radius 2 is 2.26 bits per heavy atom. The van der Waals surface area contributed by atoms with Crippen molar-refractivity contribution in [3.8, 4) is 0 Å². The van der Waals surface area contributed by atoms with Crippen molar-refractivity contribution in [3.05, 3.63) is 52.5 Å². The Balaban J connectivity index is 1.47. The van der Waals surface area contributed by atoms with Crippen LogP contribution in [0.4, 0.5) is 0 Å². The van der Waals surface area contributed by atoms with Gasteiger partial charge in [-0.3, -0.25) is 9.36 Å². The molecule has 0 fully saturated rings. The average molecular weight is 312 g/mol. The Morgan fingerprint density at radius 3 is 3.17 bits per heavy atom. The quantitative estimate of drug-likeness (QED) is 0.713. The van der Waals surface area contributed by atoms with Crippen molar-refractivity contribution in [2.45, 2.75) is 31.8 Å². The molecule has 0 aliphatic carbocycles. The number of nitrogens with zero attached hydrogens (tertiary/aromatic N) is 4. The van der Waals surface area contributed by atoms with Crippen LogP contribution in [0.2, 0.25) is 0 Å². The van der Waals surface area contributed by atoms with Crippen LogP contribution in [0.5, 0.6) is 0 Å². The molecule has 2 N–H and O–H groups in total. The first-order chi connectivity index (χ1) is 11.2. The van der Waals surface area contributed by atoms with Crippen LogP contribution in [0, 0.1) is 0 Å². The molecule has 4 rings (SSSR count). The van der Waals surface area contributed by atoms with Gasteiger partial charge >= 0.3 is 5.69 Å². The number of aromatic nitrogens is 5. The molecule has 1 amide bonds. The highest BCUT2D eigenvalue weighted by molar-refractivity contribution is 5.95. The fraction of sp³-hybridized carbons (Fsp3) is 0.333. The van der Waals surface area contributed by atoms with Gasteiger partial charge in [0.2, 0.25) is 0 Å². The second-order valence-corrected chi connectivity index (χ2v) is 5.71. The van der Waals surface area contributed by atoms with Crippen LogP contribution in [-0.2, 0) is 13.0 Å². The molecular weight excluding hydrogens is 296 g/mol. The molecule has 23 heavy (non-hydrogen) atoms. The zero-order valence-corrected chi connectivity index (χ0v) is 12.4. The molecule has 1 unspecified atom stereocenters. The molecule has 1 aliphatic heterocycles. The van der Waals surface area contributed by atoms with E-state index in [9.17, 15) is 9.59 Å². The van der Waals surface area contributed by atoms with Gasteiger partial charge in [-0.05, 0) is 31.0 Å². The third-order valence-corrected chi connectivity index (χ3v) is 4.25. The highest BCUT2D eigenvalue weighted by Gasteiger charge is 2.20. The highest BCUT2D eigenvalue weighted by Crippen LogP contribution is 2.13. The number of rotatable bonds is 2. The van der Waals surface area contributed by atoms with E-state index >= 15 is 0 Å². The minimum Gasteiger partial charge on any atom is -0.349 e. The summed E-state index contributed by atoms with van der Waals surface area (Å²) in [7, 11) is 0. The van der Waals surface area contributed by atoms with Crippen molar-refractivity contribution in [1.82, 2.24) is 29.7 Å². The van der Waals surface area contributed by atoms with Gasteiger partial charge < -0.3 is 5.32 Å². The molecule has 3 aromatic rings. The lowest BCUT2D eigenvalue weighted by Crippen LogP contribution is -2.35. The largest absolute Gasteiger partial charge is 0.349 e. The Kier molecular flexibility index (Phi) is 3.22. The number of amides is 1. The molecule has 4 heterocycles. The Labute approximate surface area is 131 Å². The van der Waals surface area contributed by atoms with Crippen LogP contribution in [0.25, 0.3) is 5.52 Å². The van der Waals surface area contributed by atoms with Gasteiger partial charge in [-0.2, -0.15) is 10.2 Å². The molecule has 1 atom stereocenters. The number of H-pyrrole nitrogens is 1. The molecular formula is C15H16N6O2. The third kappa shape index (κ3) is 2.52. The summed E-state index contributed by atoms with van der Waals surface area (Å²) in [6.07, 6.45) is 5.62. The van der Waals surface area contributed by atoms with Crippen LogP contribution in [-0.4, -0.2) is 36.3 Å². The molecule has 1 aliphatic rings. The van der Waals surface area contributed by atoms with Gasteiger partial charge in [0.05, 0.1) is 5.52 Å². The first-order valence-corrected chi connectivity index (χ1v) is 7.59. The number of hydrogen-bond acceptors (Lipinski definition) is 4. The number of pyridine rings is 1. The van der Waals surface area contributed by atoms with Gasteiger partial charge in [-0.1, -0.05) is 0 Å².